The maximum atomic E-state index is 10.7. The number of hydrogen-bond acceptors (Lipinski definition) is 2. The first-order valence-corrected chi connectivity index (χ1v) is 7.38. The van der Waals surface area contributed by atoms with Gasteiger partial charge in [0.25, 0.3) is 0 Å². The van der Waals surface area contributed by atoms with Gasteiger partial charge in [-0.25, -0.2) is 0 Å². The fraction of sp³-hybridized carbons (Fsp3) is 1.00. The Morgan fingerprint density at radius 3 is 1.40 bits per heavy atom. The van der Waals surface area contributed by atoms with Crippen LogP contribution >= 0.6 is 17.8 Å². The summed E-state index contributed by atoms with van der Waals surface area (Å²) in [6, 6.07) is 0. The molecule has 0 saturated heterocycles. The van der Waals surface area contributed by atoms with Gasteiger partial charge in [0, 0.05) is 0 Å². The van der Waals surface area contributed by atoms with Crippen LogP contribution < -0.4 is 0 Å². The van der Waals surface area contributed by atoms with E-state index in [0.717, 1.165) is 0 Å². The Labute approximate surface area is 92.9 Å². The lowest BCUT2D eigenvalue weighted by Gasteiger charge is -2.00. The summed E-state index contributed by atoms with van der Waals surface area (Å²) in [4.78, 5) is 0. The van der Waals surface area contributed by atoms with E-state index < -0.39 is 15.6 Å². The van der Waals surface area contributed by atoms with Crippen LogP contribution in [0.5, 0.6) is 0 Å². The first-order chi connectivity index (χ1) is 6.06. The highest BCUT2D eigenvalue weighted by Crippen LogP contribution is 2.27. The predicted octanol–water partition coefficient (Wildman–Crippen LogP) is 2.59. The van der Waals surface area contributed by atoms with Crippen molar-refractivity contribution in [1.29, 1.82) is 0 Å². The van der Waals surface area contributed by atoms with Gasteiger partial charge in [0.1, 0.15) is 0 Å². The van der Waals surface area contributed by atoms with E-state index in [9.17, 15) is 13.2 Å². The van der Waals surface area contributed by atoms with Crippen molar-refractivity contribution in [2.45, 2.75) is 19.4 Å². The van der Waals surface area contributed by atoms with Gasteiger partial charge in [0.2, 0.25) is 0 Å². The van der Waals surface area contributed by atoms with Crippen LogP contribution in [-0.4, -0.2) is 37.5 Å². The molecule has 0 aliphatic carbocycles. The second-order valence-corrected chi connectivity index (χ2v) is 6.80. The van der Waals surface area contributed by atoms with Gasteiger partial charge in [-0.2, -0.15) is 31.5 Å². The zero-order valence-electron chi connectivity index (χ0n) is 8.87. The minimum atomic E-state index is -5.84. The predicted molar refractivity (Wildman–Crippen MR) is 62.6 cm³/mol. The minimum absolute atomic E-state index is 0. The van der Waals surface area contributed by atoms with Gasteiger partial charge in [-0.1, -0.05) is 13.8 Å². The summed E-state index contributed by atoms with van der Waals surface area (Å²) >= 11 is 0. The molecule has 3 nitrogen and oxygen atoms in total. The van der Waals surface area contributed by atoms with E-state index in [0.29, 0.717) is 7.92 Å². The average molecular weight is 288 g/mol. The molecule has 0 rings (SSSR count). The first kappa shape index (κ1) is 20.9. The van der Waals surface area contributed by atoms with Crippen molar-refractivity contribution < 1.29 is 26.1 Å². The Balaban J connectivity index is -0.000000187. The third kappa shape index (κ3) is 12.5. The molecule has 0 bridgehead atoms. The van der Waals surface area contributed by atoms with Crippen LogP contribution in [0.3, 0.4) is 0 Å². The van der Waals surface area contributed by atoms with Gasteiger partial charge in [0.05, 0.1) is 0 Å². The molecule has 0 fully saturated rings. The number of halogens is 3. The van der Waals surface area contributed by atoms with Crippen LogP contribution in [0, 0.1) is 0 Å². The summed E-state index contributed by atoms with van der Waals surface area (Å²) in [6.07, 6.45) is 2.79. The molecule has 0 heterocycles. The third-order valence-electron chi connectivity index (χ3n) is 1.37. The lowest BCUT2D eigenvalue weighted by atomic mass is 11.0. The van der Waals surface area contributed by atoms with Gasteiger partial charge in [0.15, 0.2) is 0 Å². The quantitative estimate of drug-likeness (QED) is 0.483. The van der Waals surface area contributed by atoms with E-state index in [1.165, 1.54) is 12.3 Å². The van der Waals surface area contributed by atoms with Crippen molar-refractivity contribution in [3.8, 4) is 0 Å². The monoisotopic (exact) mass is 288 g/mol. The maximum absolute atomic E-state index is 10.7. The molecule has 0 radical (unpaired) electrons. The van der Waals surface area contributed by atoms with Gasteiger partial charge in [-0.05, 0) is 19.0 Å². The second-order valence-electron chi connectivity index (χ2n) is 2.41. The number of rotatable bonds is 2. The van der Waals surface area contributed by atoms with Crippen LogP contribution in [0.15, 0.2) is 0 Å². The highest BCUT2D eigenvalue weighted by Gasteiger charge is 2.44. The second kappa shape index (κ2) is 8.68. The van der Waals surface area contributed by atoms with Crippen LogP contribution in [0.1, 0.15) is 13.8 Å². The first-order valence-electron chi connectivity index (χ1n) is 3.78. The van der Waals surface area contributed by atoms with Crippen molar-refractivity contribution in [1.82, 2.24) is 0 Å². The Morgan fingerprint density at radius 1 is 1.20 bits per heavy atom. The van der Waals surface area contributed by atoms with Gasteiger partial charge in [-0.3, -0.25) is 4.55 Å². The summed E-state index contributed by atoms with van der Waals surface area (Å²) < 4.78 is 57.5. The number of alkyl halides is 3. The lowest BCUT2D eigenvalue weighted by Crippen LogP contribution is -2.21. The minimum Gasteiger partial charge on any atom is -0.279 e. The fourth-order valence-electron chi connectivity index (χ4n) is 0.224. The van der Waals surface area contributed by atoms with Crippen LogP contribution in [0.4, 0.5) is 13.2 Å². The molecule has 0 amide bonds. The van der Waals surface area contributed by atoms with Crippen molar-refractivity contribution in [3.05, 3.63) is 0 Å². The highest BCUT2D eigenvalue weighted by atomic mass is 32.2. The molecule has 15 heavy (non-hydrogen) atoms. The van der Waals surface area contributed by atoms with E-state index in [1.54, 1.807) is 0 Å². The zero-order valence-corrected chi connectivity index (χ0v) is 12.0. The van der Waals surface area contributed by atoms with Crippen molar-refractivity contribution in [3.63, 3.8) is 0 Å². The molecule has 0 aromatic heterocycles. The van der Waals surface area contributed by atoms with Crippen LogP contribution in [0.25, 0.3) is 0 Å². The SMILES string of the molecule is CCP(C)CC.O=S(=O)(O)C(F)(F)F.P. The summed E-state index contributed by atoms with van der Waals surface area (Å²) in [6.45, 7) is 6.86. The Hall–Kier alpha value is 0.560. The van der Waals surface area contributed by atoms with Crippen LogP contribution in [-0.2, 0) is 10.1 Å². The molecule has 0 aromatic rings. The molecule has 0 aromatic carbocycles. The fourth-order valence-corrected chi connectivity index (χ4v) is 0.671. The molecule has 0 saturated carbocycles. The molecule has 1 N–H and O–H groups in total. The van der Waals surface area contributed by atoms with Crippen molar-refractivity contribution in [2.24, 2.45) is 0 Å². The van der Waals surface area contributed by atoms with E-state index in [-0.39, 0.29) is 9.90 Å². The molecular weight excluding hydrogens is 271 g/mol. The van der Waals surface area contributed by atoms with E-state index in [1.807, 2.05) is 0 Å². The molecule has 0 spiro atoms. The van der Waals surface area contributed by atoms with E-state index in [2.05, 4.69) is 20.5 Å². The van der Waals surface area contributed by atoms with E-state index in [4.69, 9.17) is 13.0 Å². The maximum Gasteiger partial charge on any atom is 0.522 e. The zero-order chi connectivity index (χ0) is 12.0. The molecule has 9 heteroatoms. The smallest absolute Gasteiger partial charge is 0.279 e. The normalized spacial score (nSPS) is 11.5. The largest absolute Gasteiger partial charge is 0.522 e. The molecule has 0 aliphatic rings. The summed E-state index contributed by atoms with van der Waals surface area (Å²) in [5.41, 5.74) is -5.53. The Kier molecular flexibility index (Phi) is 12.1. The Bertz CT molecular complexity index is 236. The molecular formula is C6H17F3O3P2S. The van der Waals surface area contributed by atoms with Gasteiger partial charge < -0.3 is 0 Å². The molecule has 0 aliphatic heterocycles. The lowest BCUT2D eigenvalue weighted by molar-refractivity contribution is -0.0510. The highest BCUT2D eigenvalue weighted by molar-refractivity contribution is 7.86. The van der Waals surface area contributed by atoms with Crippen molar-refractivity contribution in [2.75, 3.05) is 19.0 Å². The summed E-state index contributed by atoms with van der Waals surface area (Å²) in [5.74, 6) is 0. The Morgan fingerprint density at radius 2 is 1.40 bits per heavy atom. The summed E-state index contributed by atoms with van der Waals surface area (Å²) in [5, 5.41) is 0. The topological polar surface area (TPSA) is 54.4 Å². The van der Waals surface area contributed by atoms with Gasteiger partial charge in [-0.15, -0.1) is 7.92 Å². The third-order valence-corrected chi connectivity index (χ3v) is 4.12. The molecule has 1 atom stereocenters. The van der Waals surface area contributed by atoms with E-state index >= 15 is 0 Å². The number of hydrogen-bond donors (Lipinski definition) is 1. The van der Waals surface area contributed by atoms with Crippen LogP contribution in [0.2, 0.25) is 0 Å². The molecule has 96 valence electrons. The summed E-state index contributed by atoms with van der Waals surface area (Å²) in [7, 11) is -5.42. The average Bonchev–Trinajstić information content (AvgIpc) is 2.00. The van der Waals surface area contributed by atoms with Crippen molar-refractivity contribution >= 4 is 27.9 Å². The van der Waals surface area contributed by atoms with Gasteiger partial charge >= 0.3 is 15.6 Å². The molecule has 1 unspecified atom stereocenters. The standard InChI is InChI=1S/C5H13P.CHF3O3S.H3P/c1-4-6(3)5-2;2-1(3,4)8(5,6)7;/h4-5H2,1-3H3;(H,5,6,7);1H3.